The lowest BCUT2D eigenvalue weighted by Crippen LogP contribution is -2.22. The number of hydrogen-bond donors (Lipinski definition) is 2. The summed E-state index contributed by atoms with van der Waals surface area (Å²) in [5.74, 6) is 0.0612. The minimum Gasteiger partial charge on any atom is -0.409 e. The van der Waals surface area contributed by atoms with Crippen molar-refractivity contribution >= 4 is 28.8 Å². The molecule has 5 heteroatoms. The monoisotopic (exact) mass is 289 g/mol. The van der Waals surface area contributed by atoms with Gasteiger partial charge in [0.15, 0.2) is 5.84 Å². The molecule has 0 aromatic heterocycles. The normalized spacial score (nSPS) is 11.4. The SMILES string of the molecule is CCN(c1ccccc1)c1cc(Cl)ccc1C(N)=NO. The third kappa shape index (κ3) is 2.86. The van der Waals surface area contributed by atoms with E-state index >= 15 is 0 Å². The first-order valence-corrected chi connectivity index (χ1v) is 6.65. The Morgan fingerprint density at radius 1 is 1.25 bits per heavy atom. The van der Waals surface area contributed by atoms with Crippen molar-refractivity contribution in [2.75, 3.05) is 11.4 Å². The van der Waals surface area contributed by atoms with Crippen LogP contribution in [0.3, 0.4) is 0 Å². The molecule has 0 radical (unpaired) electrons. The molecular weight excluding hydrogens is 274 g/mol. The summed E-state index contributed by atoms with van der Waals surface area (Å²) >= 11 is 6.08. The largest absolute Gasteiger partial charge is 0.409 e. The van der Waals surface area contributed by atoms with Gasteiger partial charge in [0.1, 0.15) is 0 Å². The maximum Gasteiger partial charge on any atom is 0.172 e. The summed E-state index contributed by atoms with van der Waals surface area (Å²) in [5, 5.41) is 12.6. The molecule has 0 heterocycles. The molecule has 104 valence electrons. The lowest BCUT2D eigenvalue weighted by Gasteiger charge is -2.25. The van der Waals surface area contributed by atoms with Crippen molar-refractivity contribution in [2.24, 2.45) is 10.9 Å². The van der Waals surface area contributed by atoms with Gasteiger partial charge in [0.2, 0.25) is 0 Å². The van der Waals surface area contributed by atoms with Gasteiger partial charge >= 0.3 is 0 Å². The molecule has 20 heavy (non-hydrogen) atoms. The van der Waals surface area contributed by atoms with E-state index < -0.39 is 0 Å². The van der Waals surface area contributed by atoms with E-state index in [-0.39, 0.29) is 5.84 Å². The first kappa shape index (κ1) is 14.2. The van der Waals surface area contributed by atoms with Gasteiger partial charge in [-0.2, -0.15) is 0 Å². The van der Waals surface area contributed by atoms with Crippen LogP contribution in [0.5, 0.6) is 0 Å². The second kappa shape index (κ2) is 6.30. The molecule has 0 atom stereocenters. The summed E-state index contributed by atoms with van der Waals surface area (Å²) in [6.45, 7) is 2.76. The average molecular weight is 290 g/mol. The molecule has 0 amide bonds. The smallest absolute Gasteiger partial charge is 0.172 e. The van der Waals surface area contributed by atoms with Gasteiger partial charge in [-0.05, 0) is 37.3 Å². The first-order valence-electron chi connectivity index (χ1n) is 6.27. The quantitative estimate of drug-likeness (QED) is 0.391. The van der Waals surface area contributed by atoms with Crippen LogP contribution in [0.25, 0.3) is 0 Å². The predicted octanol–water partition coefficient (Wildman–Crippen LogP) is 3.59. The molecule has 4 nitrogen and oxygen atoms in total. The van der Waals surface area contributed by atoms with Crippen LogP contribution in [0.1, 0.15) is 12.5 Å². The van der Waals surface area contributed by atoms with Crippen LogP contribution < -0.4 is 10.6 Å². The topological polar surface area (TPSA) is 61.8 Å². The van der Waals surface area contributed by atoms with Crippen LogP contribution in [0, 0.1) is 0 Å². The third-order valence-corrected chi connectivity index (χ3v) is 3.25. The molecule has 3 N–H and O–H groups in total. The van der Waals surface area contributed by atoms with Crippen molar-refractivity contribution in [2.45, 2.75) is 6.92 Å². The zero-order valence-electron chi connectivity index (χ0n) is 11.1. The average Bonchev–Trinajstić information content (AvgIpc) is 2.48. The van der Waals surface area contributed by atoms with Gasteiger partial charge in [-0.3, -0.25) is 0 Å². The zero-order chi connectivity index (χ0) is 14.5. The van der Waals surface area contributed by atoms with Crippen molar-refractivity contribution in [1.29, 1.82) is 0 Å². The Bertz CT molecular complexity index is 614. The molecule has 0 aliphatic carbocycles. The fourth-order valence-corrected chi connectivity index (χ4v) is 2.26. The van der Waals surface area contributed by atoms with Crippen LogP contribution in [0.2, 0.25) is 5.02 Å². The number of halogens is 1. The van der Waals surface area contributed by atoms with Crippen molar-refractivity contribution < 1.29 is 5.21 Å². The number of amidine groups is 1. The van der Waals surface area contributed by atoms with E-state index in [9.17, 15) is 0 Å². The highest BCUT2D eigenvalue weighted by Gasteiger charge is 2.15. The van der Waals surface area contributed by atoms with Crippen LogP contribution in [-0.2, 0) is 0 Å². The van der Waals surface area contributed by atoms with Gasteiger partial charge in [-0.15, -0.1) is 0 Å². The fraction of sp³-hybridized carbons (Fsp3) is 0.133. The fourth-order valence-electron chi connectivity index (χ4n) is 2.10. The number of oxime groups is 1. The van der Waals surface area contributed by atoms with E-state index in [4.69, 9.17) is 22.5 Å². The van der Waals surface area contributed by atoms with Gasteiger partial charge in [0, 0.05) is 22.8 Å². The van der Waals surface area contributed by atoms with Gasteiger partial charge in [0.25, 0.3) is 0 Å². The summed E-state index contributed by atoms with van der Waals surface area (Å²) in [5.41, 5.74) is 8.21. The molecule has 0 aliphatic heterocycles. The van der Waals surface area contributed by atoms with Crippen LogP contribution in [0.4, 0.5) is 11.4 Å². The maximum absolute atomic E-state index is 8.92. The lowest BCUT2D eigenvalue weighted by molar-refractivity contribution is 0.318. The molecule has 0 saturated heterocycles. The Kier molecular flexibility index (Phi) is 4.48. The minimum absolute atomic E-state index is 0.0612. The second-order valence-electron chi connectivity index (χ2n) is 4.23. The van der Waals surface area contributed by atoms with Gasteiger partial charge in [-0.25, -0.2) is 0 Å². The highest BCUT2D eigenvalue weighted by molar-refractivity contribution is 6.31. The van der Waals surface area contributed by atoms with Crippen LogP contribution >= 0.6 is 11.6 Å². The number of rotatable bonds is 4. The second-order valence-corrected chi connectivity index (χ2v) is 4.66. The highest BCUT2D eigenvalue weighted by atomic mass is 35.5. The number of hydrogen-bond acceptors (Lipinski definition) is 3. The molecule has 2 aromatic rings. The minimum atomic E-state index is 0.0612. The molecule has 0 fully saturated rings. The summed E-state index contributed by atoms with van der Waals surface area (Å²) in [6.07, 6.45) is 0. The zero-order valence-corrected chi connectivity index (χ0v) is 11.9. The summed E-state index contributed by atoms with van der Waals surface area (Å²) in [4.78, 5) is 2.05. The molecule has 0 unspecified atom stereocenters. The molecule has 2 aromatic carbocycles. The van der Waals surface area contributed by atoms with Gasteiger partial charge in [-0.1, -0.05) is 35.0 Å². The van der Waals surface area contributed by atoms with E-state index in [0.717, 1.165) is 17.9 Å². The number of nitrogens with zero attached hydrogens (tertiary/aromatic N) is 2. The van der Waals surface area contributed by atoms with Gasteiger partial charge < -0.3 is 15.8 Å². The van der Waals surface area contributed by atoms with E-state index in [1.54, 1.807) is 12.1 Å². The van der Waals surface area contributed by atoms with E-state index in [1.165, 1.54) is 0 Å². The van der Waals surface area contributed by atoms with E-state index in [1.807, 2.05) is 43.3 Å². The molecule has 2 rings (SSSR count). The van der Waals surface area contributed by atoms with Crippen molar-refractivity contribution in [3.05, 3.63) is 59.1 Å². The summed E-state index contributed by atoms with van der Waals surface area (Å²) in [6, 6.07) is 15.2. The van der Waals surface area contributed by atoms with Crippen molar-refractivity contribution in [1.82, 2.24) is 0 Å². The van der Waals surface area contributed by atoms with Gasteiger partial charge in [0.05, 0.1) is 5.69 Å². The molecule has 0 spiro atoms. The van der Waals surface area contributed by atoms with Crippen molar-refractivity contribution in [3.8, 4) is 0 Å². The van der Waals surface area contributed by atoms with Crippen LogP contribution in [-0.4, -0.2) is 17.6 Å². The number of anilines is 2. The van der Waals surface area contributed by atoms with E-state index in [2.05, 4.69) is 10.1 Å². The Morgan fingerprint density at radius 2 is 1.95 bits per heavy atom. The highest BCUT2D eigenvalue weighted by Crippen LogP contribution is 2.30. The first-order chi connectivity index (χ1) is 9.67. The number of benzene rings is 2. The Hall–Kier alpha value is -2.20. The Labute approximate surface area is 123 Å². The lowest BCUT2D eigenvalue weighted by atomic mass is 10.1. The molecule has 0 bridgehead atoms. The summed E-state index contributed by atoms with van der Waals surface area (Å²) in [7, 11) is 0. The Morgan fingerprint density at radius 3 is 2.55 bits per heavy atom. The molecule has 0 aliphatic rings. The van der Waals surface area contributed by atoms with Crippen LogP contribution in [0.15, 0.2) is 53.7 Å². The molecule has 0 saturated carbocycles. The maximum atomic E-state index is 8.92. The number of para-hydroxylation sites is 1. The standard InChI is InChI=1S/C15H16ClN3O/c1-2-19(12-6-4-3-5-7-12)14-10-11(16)8-9-13(14)15(17)18-20/h3-10,20H,2H2,1H3,(H2,17,18). The van der Waals surface area contributed by atoms with Crippen molar-refractivity contribution in [3.63, 3.8) is 0 Å². The number of nitrogens with two attached hydrogens (primary N) is 1. The summed E-state index contributed by atoms with van der Waals surface area (Å²) < 4.78 is 0. The molecular formula is C15H16ClN3O. The predicted molar refractivity (Wildman–Crippen MR) is 83.1 cm³/mol. The van der Waals surface area contributed by atoms with E-state index in [0.29, 0.717) is 10.6 Å². The third-order valence-electron chi connectivity index (χ3n) is 3.02. The Balaban J connectivity index is 2.57.